The summed E-state index contributed by atoms with van der Waals surface area (Å²) < 4.78 is 1.84. The fourth-order valence-corrected chi connectivity index (χ4v) is 1.93. The maximum atomic E-state index is 4.38. The molecule has 1 N–H and O–H groups in total. The average Bonchev–Trinajstić information content (AvgIpc) is 2.91. The van der Waals surface area contributed by atoms with Crippen LogP contribution in [0.25, 0.3) is 0 Å². The quantitative estimate of drug-likeness (QED) is 0.769. The standard InChI is InChI=1S/C10H15N5S/c1-2-3-11-5-10-13-7-15(14-10)6-9-4-12-8-16-9/h4,7-8,11H,2-3,5-6H2,1H3. The molecule has 86 valence electrons. The lowest BCUT2D eigenvalue weighted by atomic mass is 10.5. The van der Waals surface area contributed by atoms with Crippen LogP contribution in [-0.2, 0) is 13.1 Å². The summed E-state index contributed by atoms with van der Waals surface area (Å²) in [6.45, 7) is 4.64. The molecule has 2 aromatic heterocycles. The van der Waals surface area contributed by atoms with Gasteiger partial charge in [-0.1, -0.05) is 6.92 Å². The van der Waals surface area contributed by atoms with Crippen LogP contribution in [0, 0.1) is 0 Å². The van der Waals surface area contributed by atoms with E-state index in [4.69, 9.17) is 0 Å². The molecule has 0 aliphatic rings. The van der Waals surface area contributed by atoms with E-state index in [0.717, 1.165) is 31.9 Å². The van der Waals surface area contributed by atoms with E-state index in [1.807, 2.05) is 16.4 Å². The smallest absolute Gasteiger partial charge is 0.164 e. The first-order valence-electron chi connectivity index (χ1n) is 5.35. The molecule has 0 fully saturated rings. The molecule has 16 heavy (non-hydrogen) atoms. The second-order valence-electron chi connectivity index (χ2n) is 3.50. The third-order valence-corrected chi connectivity index (χ3v) is 2.86. The number of hydrogen-bond acceptors (Lipinski definition) is 5. The Morgan fingerprint density at radius 2 is 2.44 bits per heavy atom. The number of nitrogens with zero attached hydrogens (tertiary/aromatic N) is 4. The molecule has 0 saturated carbocycles. The fourth-order valence-electron chi connectivity index (χ4n) is 1.35. The van der Waals surface area contributed by atoms with Crippen molar-refractivity contribution in [2.75, 3.05) is 6.54 Å². The van der Waals surface area contributed by atoms with Gasteiger partial charge in [-0.15, -0.1) is 11.3 Å². The van der Waals surface area contributed by atoms with E-state index in [9.17, 15) is 0 Å². The highest BCUT2D eigenvalue weighted by Crippen LogP contribution is 2.06. The molecule has 0 aromatic carbocycles. The van der Waals surface area contributed by atoms with Crippen LogP contribution in [-0.4, -0.2) is 26.3 Å². The molecule has 2 heterocycles. The van der Waals surface area contributed by atoms with Gasteiger partial charge in [0, 0.05) is 11.1 Å². The zero-order chi connectivity index (χ0) is 11.2. The first-order chi connectivity index (χ1) is 7.88. The van der Waals surface area contributed by atoms with Crippen molar-refractivity contribution in [3.63, 3.8) is 0 Å². The van der Waals surface area contributed by atoms with Crippen molar-refractivity contribution in [2.24, 2.45) is 0 Å². The number of thiazole rings is 1. The highest BCUT2D eigenvalue weighted by molar-refractivity contribution is 7.09. The minimum absolute atomic E-state index is 0.740. The molecule has 0 saturated heterocycles. The summed E-state index contributed by atoms with van der Waals surface area (Å²) in [5.74, 6) is 0.845. The number of nitrogens with one attached hydrogen (secondary N) is 1. The van der Waals surface area contributed by atoms with Crippen molar-refractivity contribution in [1.82, 2.24) is 25.1 Å². The van der Waals surface area contributed by atoms with Gasteiger partial charge in [-0.05, 0) is 13.0 Å². The minimum atomic E-state index is 0.740. The average molecular weight is 237 g/mol. The van der Waals surface area contributed by atoms with E-state index < -0.39 is 0 Å². The molecule has 0 amide bonds. The van der Waals surface area contributed by atoms with Crippen molar-refractivity contribution >= 4 is 11.3 Å². The van der Waals surface area contributed by atoms with Gasteiger partial charge in [-0.2, -0.15) is 5.10 Å². The predicted molar refractivity (Wildman–Crippen MR) is 63.2 cm³/mol. The Balaban J connectivity index is 1.87. The van der Waals surface area contributed by atoms with Gasteiger partial charge in [-0.25, -0.2) is 9.67 Å². The van der Waals surface area contributed by atoms with Gasteiger partial charge in [-0.3, -0.25) is 4.98 Å². The lowest BCUT2D eigenvalue weighted by Crippen LogP contribution is -2.15. The van der Waals surface area contributed by atoms with Gasteiger partial charge in [0.2, 0.25) is 0 Å². The Labute approximate surface area is 98.5 Å². The van der Waals surface area contributed by atoms with Gasteiger partial charge in [0.1, 0.15) is 6.33 Å². The van der Waals surface area contributed by atoms with Gasteiger partial charge >= 0.3 is 0 Å². The summed E-state index contributed by atoms with van der Waals surface area (Å²) in [6.07, 6.45) is 4.76. The Morgan fingerprint density at radius 3 is 3.19 bits per heavy atom. The third kappa shape index (κ3) is 3.11. The van der Waals surface area contributed by atoms with Crippen LogP contribution in [0.15, 0.2) is 18.0 Å². The molecule has 6 heteroatoms. The zero-order valence-electron chi connectivity index (χ0n) is 9.26. The molecule has 0 atom stereocenters. The zero-order valence-corrected chi connectivity index (χ0v) is 10.1. The summed E-state index contributed by atoms with van der Waals surface area (Å²) >= 11 is 1.63. The SMILES string of the molecule is CCCNCc1ncn(Cc2cncs2)n1. The van der Waals surface area contributed by atoms with E-state index >= 15 is 0 Å². The van der Waals surface area contributed by atoms with Crippen LogP contribution in [0.2, 0.25) is 0 Å². The normalized spacial score (nSPS) is 10.8. The largest absolute Gasteiger partial charge is 0.310 e. The van der Waals surface area contributed by atoms with E-state index in [1.165, 1.54) is 4.88 Å². The topological polar surface area (TPSA) is 55.6 Å². The minimum Gasteiger partial charge on any atom is -0.310 e. The highest BCUT2D eigenvalue weighted by Gasteiger charge is 2.01. The molecule has 0 aliphatic carbocycles. The molecule has 0 bridgehead atoms. The Kier molecular flexibility index (Phi) is 4.01. The molecule has 2 aromatic rings. The molecule has 0 spiro atoms. The molecule has 0 unspecified atom stereocenters. The Morgan fingerprint density at radius 1 is 1.50 bits per heavy atom. The summed E-state index contributed by atoms with van der Waals surface area (Å²) in [4.78, 5) is 9.47. The van der Waals surface area contributed by atoms with Crippen molar-refractivity contribution in [3.8, 4) is 0 Å². The second kappa shape index (κ2) is 5.72. The molecule has 5 nitrogen and oxygen atoms in total. The summed E-state index contributed by atoms with van der Waals surface area (Å²) in [5.41, 5.74) is 1.83. The lowest BCUT2D eigenvalue weighted by molar-refractivity contribution is 0.627. The summed E-state index contributed by atoms with van der Waals surface area (Å²) in [7, 11) is 0. The number of aromatic nitrogens is 4. The van der Waals surface area contributed by atoms with Crippen molar-refractivity contribution in [1.29, 1.82) is 0 Å². The van der Waals surface area contributed by atoms with E-state index in [2.05, 4.69) is 27.3 Å². The molecule has 0 aliphatic heterocycles. The molecule has 2 rings (SSSR count). The van der Waals surface area contributed by atoms with E-state index in [-0.39, 0.29) is 0 Å². The monoisotopic (exact) mass is 237 g/mol. The Bertz CT molecular complexity index is 409. The highest BCUT2D eigenvalue weighted by atomic mass is 32.1. The summed E-state index contributed by atoms with van der Waals surface area (Å²) in [6, 6.07) is 0. The van der Waals surface area contributed by atoms with E-state index in [1.54, 1.807) is 17.7 Å². The molecule has 0 radical (unpaired) electrons. The summed E-state index contributed by atoms with van der Waals surface area (Å²) in [5, 5.41) is 7.65. The van der Waals surface area contributed by atoms with Crippen LogP contribution >= 0.6 is 11.3 Å². The Hall–Kier alpha value is -1.27. The molecular weight excluding hydrogens is 222 g/mol. The van der Waals surface area contributed by atoms with Gasteiger partial charge < -0.3 is 5.32 Å². The van der Waals surface area contributed by atoms with Gasteiger partial charge in [0.05, 0.1) is 18.6 Å². The van der Waals surface area contributed by atoms with Crippen LogP contribution in [0.1, 0.15) is 24.0 Å². The van der Waals surface area contributed by atoms with Crippen LogP contribution in [0.5, 0.6) is 0 Å². The van der Waals surface area contributed by atoms with Gasteiger partial charge in [0.15, 0.2) is 5.82 Å². The maximum absolute atomic E-state index is 4.38. The molecular formula is C10H15N5S. The predicted octanol–water partition coefficient (Wildman–Crippen LogP) is 1.28. The van der Waals surface area contributed by atoms with Gasteiger partial charge in [0.25, 0.3) is 0 Å². The second-order valence-corrected chi connectivity index (χ2v) is 4.47. The van der Waals surface area contributed by atoms with Crippen molar-refractivity contribution < 1.29 is 0 Å². The fraction of sp³-hybridized carbons (Fsp3) is 0.500. The van der Waals surface area contributed by atoms with E-state index in [0.29, 0.717) is 0 Å². The van der Waals surface area contributed by atoms with Crippen molar-refractivity contribution in [2.45, 2.75) is 26.4 Å². The van der Waals surface area contributed by atoms with Crippen molar-refractivity contribution in [3.05, 3.63) is 28.7 Å². The van der Waals surface area contributed by atoms with Crippen LogP contribution < -0.4 is 5.32 Å². The third-order valence-electron chi connectivity index (χ3n) is 2.10. The lowest BCUT2D eigenvalue weighted by Gasteiger charge is -1.98. The number of hydrogen-bond donors (Lipinski definition) is 1. The van der Waals surface area contributed by atoms with Crippen LogP contribution in [0.3, 0.4) is 0 Å². The first kappa shape index (κ1) is 11.2. The van der Waals surface area contributed by atoms with Crippen LogP contribution in [0.4, 0.5) is 0 Å². The number of rotatable bonds is 6. The first-order valence-corrected chi connectivity index (χ1v) is 6.23. The maximum Gasteiger partial charge on any atom is 0.164 e.